The number of carboxylic acid groups (broad SMARTS) is 1. The molecule has 1 unspecified atom stereocenters. The fourth-order valence-electron chi connectivity index (χ4n) is 2.45. The number of carbonyl (C=O) groups is 2. The molecule has 1 N–H and O–H groups in total. The summed E-state index contributed by atoms with van der Waals surface area (Å²) in [5.41, 5.74) is 0.975. The number of aliphatic carboxylic acids is 1. The first-order chi connectivity index (χ1) is 8.66. The molecule has 2 rings (SSSR count). The molecular formula is C14H17NO3. The van der Waals surface area contributed by atoms with E-state index >= 15 is 0 Å². The molecular weight excluding hydrogens is 230 g/mol. The van der Waals surface area contributed by atoms with Gasteiger partial charge < -0.3 is 10.0 Å². The lowest BCUT2D eigenvalue weighted by Crippen LogP contribution is -2.37. The van der Waals surface area contributed by atoms with Crippen molar-refractivity contribution in [3.8, 4) is 0 Å². The lowest BCUT2D eigenvalue weighted by atomic mass is 10.1. The van der Waals surface area contributed by atoms with Gasteiger partial charge in [0, 0.05) is 12.6 Å². The predicted octanol–water partition coefficient (Wildman–Crippen LogP) is 1.69. The minimum absolute atomic E-state index is 0.0324. The molecule has 1 atom stereocenters. The first-order valence-corrected chi connectivity index (χ1v) is 6.22. The monoisotopic (exact) mass is 247 g/mol. The van der Waals surface area contributed by atoms with Gasteiger partial charge in [0.15, 0.2) is 0 Å². The molecule has 18 heavy (non-hydrogen) atoms. The van der Waals surface area contributed by atoms with Gasteiger partial charge in [-0.15, -0.1) is 0 Å². The Morgan fingerprint density at radius 2 is 2.00 bits per heavy atom. The first kappa shape index (κ1) is 12.6. The normalized spacial score (nSPS) is 18.9. The summed E-state index contributed by atoms with van der Waals surface area (Å²) >= 11 is 0. The summed E-state index contributed by atoms with van der Waals surface area (Å²) in [4.78, 5) is 24.6. The fraction of sp³-hybridized carbons (Fsp3) is 0.429. The summed E-state index contributed by atoms with van der Waals surface area (Å²) in [7, 11) is 0. The van der Waals surface area contributed by atoms with Crippen molar-refractivity contribution in [2.75, 3.05) is 6.54 Å². The van der Waals surface area contributed by atoms with Gasteiger partial charge in [-0.25, -0.2) is 0 Å². The second-order valence-electron chi connectivity index (χ2n) is 4.64. The summed E-state index contributed by atoms with van der Waals surface area (Å²) in [6.45, 7) is 0.684. The van der Waals surface area contributed by atoms with E-state index in [2.05, 4.69) is 0 Å². The lowest BCUT2D eigenvalue weighted by Gasteiger charge is -2.23. The number of carbonyl (C=O) groups excluding carboxylic acids is 1. The van der Waals surface area contributed by atoms with E-state index in [1.165, 1.54) is 0 Å². The van der Waals surface area contributed by atoms with E-state index in [-0.39, 0.29) is 18.4 Å². The zero-order chi connectivity index (χ0) is 13.0. The molecule has 1 fully saturated rings. The molecule has 0 radical (unpaired) electrons. The Labute approximate surface area is 106 Å². The second kappa shape index (κ2) is 5.67. The molecule has 0 saturated carbocycles. The van der Waals surface area contributed by atoms with Gasteiger partial charge in [-0.1, -0.05) is 30.3 Å². The maximum absolute atomic E-state index is 12.1. The molecule has 1 aliphatic heterocycles. The van der Waals surface area contributed by atoms with Crippen LogP contribution in [0, 0.1) is 0 Å². The molecule has 1 heterocycles. The van der Waals surface area contributed by atoms with Crippen molar-refractivity contribution in [3.63, 3.8) is 0 Å². The van der Waals surface area contributed by atoms with Crippen molar-refractivity contribution in [1.29, 1.82) is 0 Å². The Bertz CT molecular complexity index is 430. The molecule has 0 aliphatic carbocycles. The Morgan fingerprint density at radius 3 is 2.67 bits per heavy atom. The van der Waals surface area contributed by atoms with Crippen LogP contribution in [0.3, 0.4) is 0 Å². The van der Waals surface area contributed by atoms with Crippen LogP contribution in [-0.2, 0) is 16.0 Å². The highest BCUT2D eigenvalue weighted by atomic mass is 16.4. The summed E-state index contributed by atoms with van der Waals surface area (Å²) in [5, 5.41) is 8.83. The Hall–Kier alpha value is -1.84. The molecule has 4 heteroatoms. The van der Waals surface area contributed by atoms with Crippen LogP contribution in [0.1, 0.15) is 24.8 Å². The first-order valence-electron chi connectivity index (χ1n) is 6.22. The second-order valence-corrected chi connectivity index (χ2v) is 4.64. The van der Waals surface area contributed by atoms with E-state index in [0.29, 0.717) is 13.0 Å². The third-order valence-electron chi connectivity index (χ3n) is 3.31. The highest BCUT2D eigenvalue weighted by Crippen LogP contribution is 2.21. The van der Waals surface area contributed by atoms with Crippen LogP contribution in [0.25, 0.3) is 0 Å². The van der Waals surface area contributed by atoms with Crippen molar-refractivity contribution in [1.82, 2.24) is 4.90 Å². The molecule has 1 aliphatic rings. The van der Waals surface area contributed by atoms with Crippen LogP contribution in [-0.4, -0.2) is 34.5 Å². The van der Waals surface area contributed by atoms with Gasteiger partial charge >= 0.3 is 5.97 Å². The number of nitrogens with zero attached hydrogens (tertiary/aromatic N) is 1. The van der Waals surface area contributed by atoms with E-state index in [0.717, 1.165) is 18.4 Å². The number of rotatable bonds is 4. The maximum Gasteiger partial charge on any atom is 0.305 e. The van der Waals surface area contributed by atoms with Crippen molar-refractivity contribution in [2.45, 2.75) is 31.7 Å². The van der Waals surface area contributed by atoms with E-state index in [1.54, 1.807) is 4.90 Å². The molecule has 0 bridgehead atoms. The summed E-state index contributed by atoms with van der Waals surface area (Å²) < 4.78 is 0. The minimum atomic E-state index is -0.834. The van der Waals surface area contributed by atoms with E-state index in [4.69, 9.17) is 5.11 Å². The van der Waals surface area contributed by atoms with E-state index < -0.39 is 5.97 Å². The molecule has 96 valence electrons. The molecule has 0 spiro atoms. The van der Waals surface area contributed by atoms with Gasteiger partial charge in [0.2, 0.25) is 5.91 Å². The Kier molecular flexibility index (Phi) is 3.97. The average molecular weight is 247 g/mol. The van der Waals surface area contributed by atoms with Gasteiger partial charge in [-0.2, -0.15) is 0 Å². The lowest BCUT2D eigenvalue weighted by molar-refractivity contribution is -0.139. The summed E-state index contributed by atoms with van der Waals surface area (Å²) in [6, 6.07) is 9.43. The van der Waals surface area contributed by atoms with Crippen LogP contribution >= 0.6 is 0 Å². The zero-order valence-electron chi connectivity index (χ0n) is 10.2. The van der Waals surface area contributed by atoms with E-state index in [1.807, 2.05) is 30.3 Å². The SMILES string of the molecule is O=C(O)CC1CCCN1C(=O)Cc1ccccc1. The highest BCUT2D eigenvalue weighted by molar-refractivity contribution is 5.80. The van der Waals surface area contributed by atoms with Gasteiger partial charge in [-0.05, 0) is 18.4 Å². The van der Waals surface area contributed by atoms with Crippen LogP contribution in [0.2, 0.25) is 0 Å². The number of carboxylic acids is 1. The van der Waals surface area contributed by atoms with Crippen LogP contribution in [0.15, 0.2) is 30.3 Å². The van der Waals surface area contributed by atoms with Crippen LogP contribution in [0.5, 0.6) is 0 Å². The van der Waals surface area contributed by atoms with Crippen molar-refractivity contribution < 1.29 is 14.7 Å². The molecule has 4 nitrogen and oxygen atoms in total. The third-order valence-corrected chi connectivity index (χ3v) is 3.31. The summed E-state index contributed by atoms with van der Waals surface area (Å²) in [5.74, 6) is -0.802. The quantitative estimate of drug-likeness (QED) is 0.881. The zero-order valence-corrected chi connectivity index (χ0v) is 10.2. The molecule has 1 aromatic rings. The summed E-state index contributed by atoms with van der Waals surface area (Å²) in [6.07, 6.45) is 2.11. The molecule has 0 aromatic heterocycles. The van der Waals surface area contributed by atoms with E-state index in [9.17, 15) is 9.59 Å². The fourth-order valence-corrected chi connectivity index (χ4v) is 2.45. The minimum Gasteiger partial charge on any atom is -0.481 e. The number of benzene rings is 1. The van der Waals surface area contributed by atoms with Gasteiger partial charge in [-0.3, -0.25) is 9.59 Å². The predicted molar refractivity (Wildman–Crippen MR) is 67.1 cm³/mol. The number of amides is 1. The van der Waals surface area contributed by atoms with Crippen molar-refractivity contribution >= 4 is 11.9 Å². The molecule has 1 saturated heterocycles. The maximum atomic E-state index is 12.1. The number of hydrogen-bond donors (Lipinski definition) is 1. The van der Waals surface area contributed by atoms with Gasteiger partial charge in [0.1, 0.15) is 0 Å². The van der Waals surface area contributed by atoms with Crippen LogP contribution < -0.4 is 0 Å². The van der Waals surface area contributed by atoms with Gasteiger partial charge in [0.25, 0.3) is 0 Å². The standard InChI is InChI=1S/C14H17NO3/c16-13(9-11-5-2-1-3-6-11)15-8-4-7-12(15)10-14(17)18/h1-3,5-6,12H,4,7-10H2,(H,17,18). The largest absolute Gasteiger partial charge is 0.481 e. The topological polar surface area (TPSA) is 57.6 Å². The van der Waals surface area contributed by atoms with Crippen molar-refractivity contribution in [2.24, 2.45) is 0 Å². The third kappa shape index (κ3) is 3.09. The van der Waals surface area contributed by atoms with Gasteiger partial charge in [0.05, 0.1) is 12.8 Å². The average Bonchev–Trinajstić information content (AvgIpc) is 2.77. The Balaban J connectivity index is 1.98. The van der Waals surface area contributed by atoms with Crippen molar-refractivity contribution in [3.05, 3.63) is 35.9 Å². The molecule has 1 amide bonds. The Morgan fingerprint density at radius 1 is 1.28 bits per heavy atom. The smallest absolute Gasteiger partial charge is 0.305 e. The highest BCUT2D eigenvalue weighted by Gasteiger charge is 2.29. The number of likely N-dealkylation sites (tertiary alicyclic amines) is 1. The number of hydrogen-bond acceptors (Lipinski definition) is 2. The molecule has 1 aromatic carbocycles. The van der Waals surface area contributed by atoms with Crippen LogP contribution in [0.4, 0.5) is 0 Å².